The molecule has 1 aromatic heterocycles. The van der Waals surface area contributed by atoms with Gasteiger partial charge in [0.05, 0.1) is 12.6 Å². The van der Waals surface area contributed by atoms with Gasteiger partial charge in [0.25, 0.3) is 0 Å². The molecule has 1 atom stereocenters. The molecule has 1 aliphatic heterocycles. The molecule has 2 N–H and O–H groups in total. The van der Waals surface area contributed by atoms with Crippen LogP contribution < -0.4 is 5.32 Å². The molecule has 0 radical (unpaired) electrons. The van der Waals surface area contributed by atoms with Gasteiger partial charge in [0.15, 0.2) is 0 Å². The van der Waals surface area contributed by atoms with Gasteiger partial charge in [-0.1, -0.05) is 12.8 Å². The van der Waals surface area contributed by atoms with Crippen LogP contribution in [0.25, 0.3) is 0 Å². The van der Waals surface area contributed by atoms with Crippen LogP contribution in [0.5, 0.6) is 0 Å². The lowest BCUT2D eigenvalue weighted by atomic mass is 10.1. The van der Waals surface area contributed by atoms with Crippen molar-refractivity contribution in [2.24, 2.45) is 0 Å². The highest BCUT2D eigenvalue weighted by Crippen LogP contribution is 2.11. The summed E-state index contributed by atoms with van der Waals surface area (Å²) < 4.78 is 0. The maximum Gasteiger partial charge on any atom is 0.239 e. The fraction of sp³-hybridized carbons (Fsp3) is 0.667. The fourth-order valence-electron chi connectivity index (χ4n) is 2.19. The van der Waals surface area contributed by atoms with Crippen molar-refractivity contribution in [3.05, 3.63) is 18.2 Å². The first-order chi connectivity index (χ1) is 8.27. The van der Waals surface area contributed by atoms with Crippen LogP contribution in [0.4, 0.5) is 0 Å². The zero-order valence-electron chi connectivity index (χ0n) is 10.3. The van der Waals surface area contributed by atoms with Gasteiger partial charge in [-0.3, -0.25) is 4.79 Å². The second-order valence-corrected chi connectivity index (χ2v) is 4.59. The minimum Gasteiger partial charge on any atom is -0.347 e. The van der Waals surface area contributed by atoms with Crippen LogP contribution in [-0.2, 0) is 11.3 Å². The second kappa shape index (κ2) is 5.82. The highest BCUT2D eigenvalue weighted by molar-refractivity contribution is 5.81. The maximum absolute atomic E-state index is 12.2. The predicted octanol–water partition coefficient (Wildman–Crippen LogP) is 0.900. The SMILES string of the molecule is CN(Cc1ncc[nH]1)C(=O)C1CCCCCN1. The Hall–Kier alpha value is -1.36. The number of amides is 1. The van der Waals surface area contributed by atoms with Gasteiger partial charge in [0.2, 0.25) is 5.91 Å². The molecule has 2 rings (SSSR count). The Bertz CT molecular complexity index is 341. The van der Waals surface area contributed by atoms with Gasteiger partial charge in [0, 0.05) is 19.4 Å². The van der Waals surface area contributed by atoms with Crippen LogP contribution >= 0.6 is 0 Å². The van der Waals surface area contributed by atoms with Crippen LogP contribution in [0.1, 0.15) is 31.5 Å². The summed E-state index contributed by atoms with van der Waals surface area (Å²) in [5, 5.41) is 3.32. The number of carbonyl (C=O) groups excluding carboxylic acids is 1. The second-order valence-electron chi connectivity index (χ2n) is 4.59. The van der Waals surface area contributed by atoms with E-state index in [4.69, 9.17) is 0 Å². The lowest BCUT2D eigenvalue weighted by Crippen LogP contribution is -2.44. The smallest absolute Gasteiger partial charge is 0.239 e. The van der Waals surface area contributed by atoms with Crippen molar-refractivity contribution in [2.45, 2.75) is 38.3 Å². The third-order valence-corrected chi connectivity index (χ3v) is 3.18. The van der Waals surface area contributed by atoms with E-state index in [2.05, 4.69) is 15.3 Å². The van der Waals surface area contributed by atoms with Crippen molar-refractivity contribution >= 4 is 5.91 Å². The monoisotopic (exact) mass is 236 g/mol. The molecule has 2 heterocycles. The van der Waals surface area contributed by atoms with Gasteiger partial charge < -0.3 is 15.2 Å². The van der Waals surface area contributed by atoms with Crippen molar-refractivity contribution < 1.29 is 4.79 Å². The molecule has 1 fully saturated rings. The first kappa shape index (κ1) is 12.1. The van der Waals surface area contributed by atoms with E-state index in [0.717, 1.165) is 25.2 Å². The summed E-state index contributed by atoms with van der Waals surface area (Å²) in [5.41, 5.74) is 0. The summed E-state index contributed by atoms with van der Waals surface area (Å²) in [6, 6.07) is -0.0162. The van der Waals surface area contributed by atoms with Crippen molar-refractivity contribution in [2.75, 3.05) is 13.6 Å². The quantitative estimate of drug-likeness (QED) is 0.819. The Morgan fingerprint density at radius 1 is 1.53 bits per heavy atom. The molecule has 1 unspecified atom stereocenters. The summed E-state index contributed by atoms with van der Waals surface area (Å²) in [6.45, 7) is 1.50. The van der Waals surface area contributed by atoms with E-state index in [1.54, 1.807) is 17.3 Å². The molecule has 1 aliphatic rings. The molecule has 0 spiro atoms. The number of aromatic nitrogens is 2. The molecule has 1 amide bonds. The fourth-order valence-corrected chi connectivity index (χ4v) is 2.19. The predicted molar refractivity (Wildman–Crippen MR) is 65.3 cm³/mol. The molecule has 5 nitrogen and oxygen atoms in total. The number of aromatic amines is 1. The summed E-state index contributed by atoms with van der Waals surface area (Å²) >= 11 is 0. The van der Waals surface area contributed by atoms with Crippen LogP contribution in [0.15, 0.2) is 12.4 Å². The Morgan fingerprint density at radius 3 is 3.18 bits per heavy atom. The third-order valence-electron chi connectivity index (χ3n) is 3.18. The molecule has 1 aromatic rings. The van der Waals surface area contributed by atoms with Gasteiger partial charge in [-0.2, -0.15) is 0 Å². The lowest BCUT2D eigenvalue weighted by Gasteiger charge is -2.22. The van der Waals surface area contributed by atoms with Crippen LogP contribution in [0, 0.1) is 0 Å². The summed E-state index contributed by atoms with van der Waals surface area (Å²) in [7, 11) is 1.83. The molecule has 94 valence electrons. The van der Waals surface area contributed by atoms with Gasteiger partial charge >= 0.3 is 0 Å². The Balaban J connectivity index is 1.89. The molecule has 5 heteroatoms. The molecule has 0 aromatic carbocycles. The molecule has 0 bridgehead atoms. The van der Waals surface area contributed by atoms with Crippen molar-refractivity contribution in [1.82, 2.24) is 20.2 Å². The summed E-state index contributed by atoms with van der Waals surface area (Å²) in [6.07, 6.45) is 7.96. The number of imidazole rings is 1. The summed E-state index contributed by atoms with van der Waals surface area (Å²) in [5.74, 6) is 0.998. The molecule has 0 aliphatic carbocycles. The van der Waals surface area contributed by atoms with Gasteiger partial charge in [-0.15, -0.1) is 0 Å². The Labute approximate surface area is 102 Å². The number of hydrogen-bond acceptors (Lipinski definition) is 3. The normalized spacial score (nSPS) is 20.9. The van der Waals surface area contributed by atoms with E-state index >= 15 is 0 Å². The van der Waals surface area contributed by atoms with Gasteiger partial charge in [0.1, 0.15) is 5.82 Å². The number of nitrogens with zero attached hydrogens (tertiary/aromatic N) is 2. The average Bonchev–Trinajstić information content (AvgIpc) is 2.68. The Morgan fingerprint density at radius 2 is 2.41 bits per heavy atom. The Kier molecular flexibility index (Phi) is 4.14. The standard InChI is InChI=1S/C12H20N4O/c1-16(9-11-14-7-8-15-11)12(17)10-5-3-2-4-6-13-10/h7-8,10,13H,2-6,9H2,1H3,(H,14,15). The van der Waals surface area contributed by atoms with E-state index in [1.807, 2.05) is 7.05 Å². The number of likely N-dealkylation sites (N-methyl/N-ethyl adjacent to an activating group) is 1. The van der Waals surface area contributed by atoms with Crippen LogP contribution in [-0.4, -0.2) is 40.4 Å². The van der Waals surface area contributed by atoms with E-state index in [9.17, 15) is 4.79 Å². The number of nitrogens with one attached hydrogen (secondary N) is 2. The lowest BCUT2D eigenvalue weighted by molar-refractivity contribution is -0.132. The van der Waals surface area contributed by atoms with E-state index < -0.39 is 0 Å². The molecule has 17 heavy (non-hydrogen) atoms. The van der Waals surface area contributed by atoms with Gasteiger partial charge in [-0.25, -0.2) is 4.98 Å². The zero-order chi connectivity index (χ0) is 12.1. The number of carbonyl (C=O) groups is 1. The number of rotatable bonds is 3. The van der Waals surface area contributed by atoms with Crippen molar-refractivity contribution in [1.29, 1.82) is 0 Å². The molecule has 0 saturated carbocycles. The van der Waals surface area contributed by atoms with Gasteiger partial charge in [-0.05, 0) is 19.4 Å². The highest BCUT2D eigenvalue weighted by atomic mass is 16.2. The molecule has 1 saturated heterocycles. The van der Waals surface area contributed by atoms with Crippen molar-refractivity contribution in [3.8, 4) is 0 Å². The van der Waals surface area contributed by atoms with E-state index in [1.165, 1.54) is 12.8 Å². The summed E-state index contributed by atoms with van der Waals surface area (Å²) in [4.78, 5) is 21.1. The maximum atomic E-state index is 12.2. The van der Waals surface area contributed by atoms with E-state index in [0.29, 0.717) is 6.54 Å². The minimum absolute atomic E-state index is 0.0162. The first-order valence-corrected chi connectivity index (χ1v) is 6.24. The topological polar surface area (TPSA) is 61.0 Å². The highest BCUT2D eigenvalue weighted by Gasteiger charge is 2.22. The first-order valence-electron chi connectivity index (χ1n) is 6.24. The average molecular weight is 236 g/mol. The largest absolute Gasteiger partial charge is 0.347 e. The number of H-pyrrole nitrogens is 1. The van der Waals surface area contributed by atoms with Crippen molar-refractivity contribution in [3.63, 3.8) is 0 Å². The third kappa shape index (κ3) is 3.30. The minimum atomic E-state index is -0.0162. The zero-order valence-corrected chi connectivity index (χ0v) is 10.3. The van der Waals surface area contributed by atoms with Crippen LogP contribution in [0.2, 0.25) is 0 Å². The molecular formula is C12H20N4O. The van der Waals surface area contributed by atoms with Crippen LogP contribution in [0.3, 0.4) is 0 Å². The number of hydrogen-bond donors (Lipinski definition) is 2. The molecular weight excluding hydrogens is 216 g/mol. The van der Waals surface area contributed by atoms with E-state index in [-0.39, 0.29) is 11.9 Å².